The zero-order chi connectivity index (χ0) is 17.9. The average molecular weight is 321 g/mol. The molecular weight excluding hydrogens is 294 g/mol. The first-order chi connectivity index (χ1) is 11.6. The lowest BCUT2D eigenvalue weighted by molar-refractivity contribution is 1.21. The molecular formula is C21H27N3. The zero-order valence-electron chi connectivity index (χ0n) is 14.9. The van der Waals surface area contributed by atoms with Gasteiger partial charge < -0.3 is 14.7 Å². The topological polar surface area (TPSA) is 9.72 Å². The van der Waals surface area contributed by atoms with Crippen molar-refractivity contribution in [2.24, 2.45) is 0 Å². The van der Waals surface area contributed by atoms with Crippen LogP contribution in [0.3, 0.4) is 0 Å². The van der Waals surface area contributed by atoms with Crippen LogP contribution in [0, 0.1) is 0 Å². The van der Waals surface area contributed by atoms with Gasteiger partial charge in [0.05, 0.1) is 0 Å². The van der Waals surface area contributed by atoms with Crippen LogP contribution in [-0.2, 0) is 0 Å². The van der Waals surface area contributed by atoms with Gasteiger partial charge in [-0.05, 0) is 39.0 Å². The third-order valence-electron chi connectivity index (χ3n) is 3.30. The Morgan fingerprint density at radius 3 is 1.00 bits per heavy atom. The predicted octanol–water partition coefficient (Wildman–Crippen LogP) is 6.14. The number of allylic oxidation sites excluding steroid dienone is 3. The van der Waals surface area contributed by atoms with E-state index in [1.807, 2.05) is 72.3 Å². The molecule has 0 unspecified atom stereocenters. The second-order valence-electron chi connectivity index (χ2n) is 4.92. The van der Waals surface area contributed by atoms with Gasteiger partial charge in [0, 0.05) is 54.3 Å². The second kappa shape index (κ2) is 9.95. The Labute approximate surface area is 146 Å². The van der Waals surface area contributed by atoms with E-state index in [0.717, 1.165) is 17.1 Å². The van der Waals surface area contributed by atoms with E-state index < -0.39 is 0 Å². The summed E-state index contributed by atoms with van der Waals surface area (Å²) in [5.74, 6) is 0. The first-order valence-corrected chi connectivity index (χ1v) is 7.91. The highest BCUT2D eigenvalue weighted by atomic mass is 15.1. The van der Waals surface area contributed by atoms with E-state index >= 15 is 0 Å². The van der Waals surface area contributed by atoms with Crippen molar-refractivity contribution >= 4 is 17.1 Å². The molecule has 0 saturated heterocycles. The van der Waals surface area contributed by atoms with E-state index in [2.05, 4.69) is 37.9 Å². The third kappa shape index (κ3) is 4.78. The summed E-state index contributed by atoms with van der Waals surface area (Å²) in [5.41, 5.74) is 3.01. The maximum absolute atomic E-state index is 3.90. The minimum atomic E-state index is 1.00. The maximum atomic E-state index is 3.90. The van der Waals surface area contributed by atoms with Crippen molar-refractivity contribution in [1.29, 1.82) is 0 Å². The Morgan fingerprint density at radius 2 is 0.833 bits per heavy atom. The van der Waals surface area contributed by atoms with Crippen LogP contribution >= 0.6 is 0 Å². The van der Waals surface area contributed by atoms with Gasteiger partial charge in [-0.3, -0.25) is 0 Å². The van der Waals surface area contributed by atoms with Crippen LogP contribution in [0.5, 0.6) is 0 Å². The van der Waals surface area contributed by atoms with Gasteiger partial charge in [-0.1, -0.05) is 38.0 Å². The van der Waals surface area contributed by atoms with E-state index in [4.69, 9.17) is 0 Å². The molecule has 0 aliphatic rings. The highest BCUT2D eigenvalue weighted by molar-refractivity contribution is 5.73. The van der Waals surface area contributed by atoms with E-state index in [0.29, 0.717) is 0 Å². The van der Waals surface area contributed by atoms with Crippen molar-refractivity contribution in [3.05, 3.63) is 93.4 Å². The first-order valence-electron chi connectivity index (χ1n) is 7.91. The molecule has 0 atom stereocenters. The summed E-state index contributed by atoms with van der Waals surface area (Å²) in [6, 6.07) is 6.26. The SMILES string of the molecule is C=CN(/C=C\C)c1cc(N(C=C)/C=C\C)cc(N(C=C)/C=C\C)c1. The van der Waals surface area contributed by atoms with Crippen molar-refractivity contribution < 1.29 is 0 Å². The van der Waals surface area contributed by atoms with Gasteiger partial charge in [0.1, 0.15) is 0 Å². The lowest BCUT2D eigenvalue weighted by Gasteiger charge is -2.24. The molecule has 0 saturated carbocycles. The minimum absolute atomic E-state index is 1.00. The van der Waals surface area contributed by atoms with Crippen LogP contribution in [0.15, 0.2) is 93.4 Å². The highest BCUT2D eigenvalue weighted by Crippen LogP contribution is 2.31. The summed E-state index contributed by atoms with van der Waals surface area (Å²) in [7, 11) is 0. The lowest BCUT2D eigenvalue weighted by Crippen LogP contribution is -2.13. The zero-order valence-corrected chi connectivity index (χ0v) is 14.9. The molecule has 0 amide bonds. The molecule has 1 rings (SSSR count). The standard InChI is InChI=1S/C21H27N3/c1-7-13-22(10-4)19-16-20(23(11-5)14-8-2)18-21(17-19)24(12-6)15-9-3/h7-18H,4-6H2,1-3H3/b13-7-,14-8-,15-9-. The van der Waals surface area contributed by atoms with Crippen molar-refractivity contribution in [1.82, 2.24) is 0 Å². The Hall–Kier alpha value is -2.94. The number of anilines is 3. The van der Waals surface area contributed by atoms with Crippen molar-refractivity contribution in [2.75, 3.05) is 14.7 Å². The molecule has 0 aromatic heterocycles. The van der Waals surface area contributed by atoms with Crippen molar-refractivity contribution in [2.45, 2.75) is 20.8 Å². The Bertz CT molecular complexity index is 550. The molecule has 0 bridgehead atoms. The summed E-state index contributed by atoms with van der Waals surface area (Å²) in [4.78, 5) is 5.92. The molecule has 0 N–H and O–H groups in total. The molecule has 0 radical (unpaired) electrons. The first kappa shape index (κ1) is 19.1. The fourth-order valence-corrected chi connectivity index (χ4v) is 2.27. The quantitative estimate of drug-likeness (QED) is 0.541. The number of benzene rings is 1. The molecule has 3 heteroatoms. The predicted molar refractivity (Wildman–Crippen MR) is 109 cm³/mol. The van der Waals surface area contributed by atoms with Crippen LogP contribution < -0.4 is 14.7 Å². The van der Waals surface area contributed by atoms with Crippen molar-refractivity contribution in [3.63, 3.8) is 0 Å². The molecule has 126 valence electrons. The molecule has 0 aliphatic carbocycles. The highest BCUT2D eigenvalue weighted by Gasteiger charge is 2.10. The van der Waals surface area contributed by atoms with Crippen LogP contribution in [-0.4, -0.2) is 0 Å². The fourth-order valence-electron chi connectivity index (χ4n) is 2.27. The van der Waals surface area contributed by atoms with Gasteiger partial charge in [0.15, 0.2) is 0 Å². The summed E-state index contributed by atoms with van der Waals surface area (Å²) >= 11 is 0. The summed E-state index contributed by atoms with van der Waals surface area (Å²) in [5, 5.41) is 0. The minimum Gasteiger partial charge on any atom is -0.325 e. The second-order valence-corrected chi connectivity index (χ2v) is 4.92. The molecule has 0 aliphatic heterocycles. The summed E-state index contributed by atoms with van der Waals surface area (Å²) in [6.45, 7) is 17.6. The normalized spacial score (nSPS) is 11.1. The molecule has 1 aromatic rings. The van der Waals surface area contributed by atoms with Gasteiger partial charge in [0.25, 0.3) is 0 Å². The molecule has 3 nitrogen and oxygen atoms in total. The monoisotopic (exact) mass is 321 g/mol. The van der Waals surface area contributed by atoms with Gasteiger partial charge in [0.2, 0.25) is 0 Å². The number of rotatable bonds is 9. The van der Waals surface area contributed by atoms with Crippen LogP contribution in [0.1, 0.15) is 20.8 Å². The van der Waals surface area contributed by atoms with Crippen LogP contribution in [0.4, 0.5) is 17.1 Å². The molecule has 0 spiro atoms. The molecule has 0 heterocycles. The van der Waals surface area contributed by atoms with E-state index in [9.17, 15) is 0 Å². The molecule has 1 aromatic carbocycles. The average Bonchev–Trinajstić information content (AvgIpc) is 2.61. The maximum Gasteiger partial charge on any atom is 0.0490 e. The number of hydrogen-bond donors (Lipinski definition) is 0. The van der Waals surface area contributed by atoms with Gasteiger partial charge >= 0.3 is 0 Å². The number of hydrogen-bond acceptors (Lipinski definition) is 3. The Balaban J connectivity index is 3.56. The van der Waals surface area contributed by atoms with Gasteiger partial charge in [-0.2, -0.15) is 0 Å². The summed E-state index contributed by atoms with van der Waals surface area (Å²) in [6.07, 6.45) is 17.2. The largest absolute Gasteiger partial charge is 0.325 e. The fraction of sp³-hybridized carbons (Fsp3) is 0.143. The van der Waals surface area contributed by atoms with Crippen molar-refractivity contribution in [3.8, 4) is 0 Å². The molecule has 0 fully saturated rings. The summed E-state index contributed by atoms with van der Waals surface area (Å²) < 4.78 is 0. The van der Waals surface area contributed by atoms with Crippen LogP contribution in [0.2, 0.25) is 0 Å². The Morgan fingerprint density at radius 1 is 0.583 bits per heavy atom. The van der Waals surface area contributed by atoms with E-state index in [1.54, 1.807) is 18.6 Å². The lowest BCUT2D eigenvalue weighted by atomic mass is 10.2. The third-order valence-corrected chi connectivity index (χ3v) is 3.30. The van der Waals surface area contributed by atoms with Crippen LogP contribution in [0.25, 0.3) is 0 Å². The smallest absolute Gasteiger partial charge is 0.0490 e. The van der Waals surface area contributed by atoms with E-state index in [-0.39, 0.29) is 0 Å². The van der Waals surface area contributed by atoms with E-state index in [1.165, 1.54) is 0 Å². The molecule has 24 heavy (non-hydrogen) atoms. The number of nitrogens with zero attached hydrogens (tertiary/aromatic N) is 3. The Kier molecular flexibility index (Phi) is 7.92. The van der Waals surface area contributed by atoms with Gasteiger partial charge in [-0.25, -0.2) is 0 Å². The van der Waals surface area contributed by atoms with Gasteiger partial charge in [-0.15, -0.1) is 0 Å².